The highest BCUT2D eigenvalue weighted by Gasteiger charge is 2.33. The molecule has 1 aromatic carbocycles. The molecule has 0 heterocycles. The zero-order valence-electron chi connectivity index (χ0n) is 13.2. The second-order valence-electron chi connectivity index (χ2n) is 5.24. The number of halogens is 3. The number of amides is 2. The van der Waals surface area contributed by atoms with Crippen LogP contribution in [0, 0.1) is 0 Å². The fourth-order valence-corrected chi connectivity index (χ4v) is 1.84. The third-order valence-corrected chi connectivity index (χ3v) is 2.82. The van der Waals surface area contributed by atoms with Crippen LogP contribution in [0.1, 0.15) is 31.4 Å². The number of hydrogen-bond donors (Lipinski definition) is 3. The fourth-order valence-electron chi connectivity index (χ4n) is 1.84. The van der Waals surface area contributed by atoms with E-state index in [-0.39, 0.29) is 36.9 Å². The van der Waals surface area contributed by atoms with Gasteiger partial charge in [0.2, 0.25) is 0 Å². The van der Waals surface area contributed by atoms with Gasteiger partial charge in [-0.25, -0.2) is 4.79 Å². The maximum Gasteiger partial charge on any atom is 0.416 e. The monoisotopic (exact) mass is 348 g/mol. The van der Waals surface area contributed by atoms with E-state index in [1.165, 1.54) is 12.1 Å². The van der Waals surface area contributed by atoms with Gasteiger partial charge in [0.25, 0.3) is 0 Å². The number of ether oxygens (including phenoxy) is 1. The lowest BCUT2D eigenvalue weighted by Gasteiger charge is -2.17. The minimum absolute atomic E-state index is 0.0898. The van der Waals surface area contributed by atoms with Crippen molar-refractivity contribution in [1.82, 2.24) is 10.6 Å². The number of benzene rings is 1. The molecule has 134 valence electrons. The number of alkyl halides is 3. The van der Waals surface area contributed by atoms with Crippen LogP contribution in [0.15, 0.2) is 18.2 Å². The largest absolute Gasteiger partial charge is 0.491 e. The number of carbonyl (C=O) groups is 2. The van der Waals surface area contributed by atoms with E-state index in [0.29, 0.717) is 0 Å². The summed E-state index contributed by atoms with van der Waals surface area (Å²) in [5, 5.41) is 12.9. The highest BCUT2D eigenvalue weighted by molar-refractivity contribution is 5.75. The van der Waals surface area contributed by atoms with Gasteiger partial charge in [-0.05, 0) is 31.5 Å². The Bertz CT molecular complexity index is 589. The molecule has 0 aliphatic carbocycles. The first kappa shape index (κ1) is 19.6. The van der Waals surface area contributed by atoms with Crippen LogP contribution < -0.4 is 15.4 Å². The van der Waals surface area contributed by atoms with E-state index in [0.717, 1.165) is 6.07 Å². The molecule has 0 aliphatic heterocycles. The smallest absolute Gasteiger partial charge is 0.416 e. The highest BCUT2D eigenvalue weighted by Crippen LogP contribution is 2.34. The van der Waals surface area contributed by atoms with Crippen LogP contribution in [0.5, 0.6) is 5.75 Å². The molecule has 0 fully saturated rings. The molecule has 3 N–H and O–H groups in total. The molecule has 0 aromatic heterocycles. The Balaban J connectivity index is 2.76. The normalized spacial score (nSPS) is 11.2. The van der Waals surface area contributed by atoms with E-state index >= 15 is 0 Å². The van der Waals surface area contributed by atoms with Gasteiger partial charge in [0, 0.05) is 13.1 Å². The molecule has 24 heavy (non-hydrogen) atoms. The maximum absolute atomic E-state index is 13.1. The van der Waals surface area contributed by atoms with Crippen molar-refractivity contribution in [3.8, 4) is 5.75 Å². The van der Waals surface area contributed by atoms with Crippen LogP contribution in [-0.4, -0.2) is 29.8 Å². The average molecular weight is 348 g/mol. The molecule has 0 saturated heterocycles. The summed E-state index contributed by atoms with van der Waals surface area (Å²) in [7, 11) is 0. The third kappa shape index (κ3) is 6.76. The summed E-state index contributed by atoms with van der Waals surface area (Å²) in [4.78, 5) is 21.8. The molecule has 0 spiro atoms. The van der Waals surface area contributed by atoms with Crippen LogP contribution in [0.4, 0.5) is 18.0 Å². The van der Waals surface area contributed by atoms with Crippen molar-refractivity contribution in [3.05, 3.63) is 29.3 Å². The summed E-state index contributed by atoms with van der Waals surface area (Å²) in [5.74, 6) is -0.998. The first-order chi connectivity index (χ1) is 11.1. The average Bonchev–Trinajstić information content (AvgIpc) is 2.43. The summed E-state index contributed by atoms with van der Waals surface area (Å²) in [6.45, 7) is 2.93. The molecular formula is C15H19F3N2O4. The summed E-state index contributed by atoms with van der Waals surface area (Å²) in [6, 6.07) is 2.78. The number of hydrogen-bond acceptors (Lipinski definition) is 3. The minimum Gasteiger partial charge on any atom is -0.491 e. The van der Waals surface area contributed by atoms with Crippen LogP contribution in [0.25, 0.3) is 0 Å². The zero-order valence-corrected chi connectivity index (χ0v) is 13.2. The van der Waals surface area contributed by atoms with Gasteiger partial charge in [-0.3, -0.25) is 4.79 Å². The molecule has 0 unspecified atom stereocenters. The lowest BCUT2D eigenvalue weighted by Crippen LogP contribution is -2.36. The molecule has 1 rings (SSSR count). The number of aliphatic carboxylic acids is 1. The Hall–Kier alpha value is -2.45. The van der Waals surface area contributed by atoms with Gasteiger partial charge in [-0.15, -0.1) is 0 Å². The predicted octanol–water partition coefficient (Wildman–Crippen LogP) is 2.77. The number of carboxylic acids is 1. The predicted molar refractivity (Wildman–Crippen MR) is 79.7 cm³/mol. The van der Waals surface area contributed by atoms with E-state index in [9.17, 15) is 22.8 Å². The second kappa shape index (κ2) is 8.42. The quantitative estimate of drug-likeness (QED) is 0.707. The summed E-state index contributed by atoms with van der Waals surface area (Å²) >= 11 is 0. The number of urea groups is 1. The molecule has 0 radical (unpaired) electrons. The van der Waals surface area contributed by atoms with Gasteiger partial charge >= 0.3 is 18.2 Å². The van der Waals surface area contributed by atoms with E-state index in [4.69, 9.17) is 9.84 Å². The molecular weight excluding hydrogens is 329 g/mol. The highest BCUT2D eigenvalue weighted by atomic mass is 19.4. The van der Waals surface area contributed by atoms with Gasteiger partial charge in [0.05, 0.1) is 18.1 Å². The zero-order chi connectivity index (χ0) is 18.3. The molecule has 0 saturated carbocycles. The molecule has 0 aliphatic rings. The maximum atomic E-state index is 13.1. The van der Waals surface area contributed by atoms with Crippen molar-refractivity contribution in [1.29, 1.82) is 0 Å². The first-order valence-electron chi connectivity index (χ1n) is 7.20. The van der Waals surface area contributed by atoms with E-state index in [1.54, 1.807) is 13.8 Å². The Morgan fingerprint density at radius 1 is 1.25 bits per heavy atom. The Morgan fingerprint density at radius 3 is 2.46 bits per heavy atom. The lowest BCUT2D eigenvalue weighted by molar-refractivity contribution is -0.138. The number of nitrogens with one attached hydrogen (secondary N) is 2. The molecule has 6 nitrogen and oxygen atoms in total. The van der Waals surface area contributed by atoms with Crippen LogP contribution in [0.3, 0.4) is 0 Å². The molecule has 9 heteroatoms. The lowest BCUT2D eigenvalue weighted by atomic mass is 10.1. The number of carbonyl (C=O) groups excluding carboxylic acids is 1. The fraction of sp³-hybridized carbons (Fsp3) is 0.467. The Kier molecular flexibility index (Phi) is 6.87. The number of carboxylic acid groups (broad SMARTS) is 1. The molecule has 0 atom stereocenters. The van der Waals surface area contributed by atoms with E-state index in [1.807, 2.05) is 0 Å². The van der Waals surface area contributed by atoms with Crippen LogP contribution in [0.2, 0.25) is 0 Å². The SMILES string of the molecule is CC(C)Oc1ccc(CNC(=O)NCCC(=O)O)c(C(F)(F)F)c1. The summed E-state index contributed by atoms with van der Waals surface area (Å²) in [6.07, 6.45) is -5.13. The standard InChI is InChI=1S/C15H19F3N2O4/c1-9(2)24-11-4-3-10(12(7-11)15(16,17)18)8-20-14(23)19-6-5-13(21)22/h3-4,7,9H,5-6,8H2,1-2H3,(H,21,22)(H2,19,20,23). The van der Waals surface area contributed by atoms with Crippen molar-refractivity contribution in [2.75, 3.05) is 6.54 Å². The Labute approximate surface area is 137 Å². The third-order valence-electron chi connectivity index (χ3n) is 2.82. The minimum atomic E-state index is -4.59. The van der Waals surface area contributed by atoms with Crippen molar-refractivity contribution in [2.45, 2.75) is 39.1 Å². The molecule has 0 bridgehead atoms. The van der Waals surface area contributed by atoms with Gasteiger partial charge in [-0.2, -0.15) is 13.2 Å². The van der Waals surface area contributed by atoms with Gasteiger partial charge in [0.1, 0.15) is 5.75 Å². The second-order valence-corrected chi connectivity index (χ2v) is 5.24. The topological polar surface area (TPSA) is 87.7 Å². The van der Waals surface area contributed by atoms with E-state index < -0.39 is 23.7 Å². The van der Waals surface area contributed by atoms with Gasteiger partial charge < -0.3 is 20.5 Å². The van der Waals surface area contributed by atoms with Crippen molar-refractivity contribution < 1.29 is 32.6 Å². The van der Waals surface area contributed by atoms with Gasteiger partial charge in [0.15, 0.2) is 0 Å². The molecule has 1 aromatic rings. The Morgan fingerprint density at radius 2 is 1.92 bits per heavy atom. The van der Waals surface area contributed by atoms with Gasteiger partial charge in [-0.1, -0.05) is 6.07 Å². The summed E-state index contributed by atoms with van der Waals surface area (Å²) < 4.78 is 44.6. The number of rotatable bonds is 7. The van der Waals surface area contributed by atoms with E-state index in [2.05, 4.69) is 10.6 Å². The van der Waals surface area contributed by atoms with Crippen molar-refractivity contribution in [3.63, 3.8) is 0 Å². The summed E-state index contributed by atoms with van der Waals surface area (Å²) in [5.41, 5.74) is -1.02. The van der Waals surface area contributed by atoms with Crippen LogP contribution in [-0.2, 0) is 17.5 Å². The first-order valence-corrected chi connectivity index (χ1v) is 7.20. The molecule has 2 amide bonds. The van der Waals surface area contributed by atoms with Crippen LogP contribution >= 0.6 is 0 Å². The van der Waals surface area contributed by atoms with Crippen molar-refractivity contribution >= 4 is 12.0 Å². The van der Waals surface area contributed by atoms with Crippen molar-refractivity contribution in [2.24, 2.45) is 0 Å².